The van der Waals surface area contributed by atoms with Gasteiger partial charge >= 0.3 is 0 Å². The maximum atomic E-state index is 12.3. The number of rotatable bonds is 7. The lowest BCUT2D eigenvalue weighted by molar-refractivity contribution is -0.123. The van der Waals surface area contributed by atoms with Gasteiger partial charge in [0.1, 0.15) is 0 Å². The SMILES string of the molecule is CC(C)CN1CCOC(CNC(=O)CN2CCN(c3ncccn3)CC2)C1. The van der Waals surface area contributed by atoms with Gasteiger partial charge < -0.3 is 15.0 Å². The Bertz CT molecular complexity index is 577. The zero-order valence-electron chi connectivity index (χ0n) is 16.5. The van der Waals surface area contributed by atoms with Gasteiger partial charge in [-0.05, 0) is 12.0 Å². The number of ether oxygens (including phenoxy) is 1. The smallest absolute Gasteiger partial charge is 0.234 e. The average molecular weight is 377 g/mol. The summed E-state index contributed by atoms with van der Waals surface area (Å²) in [7, 11) is 0. The molecule has 1 unspecified atom stereocenters. The molecule has 27 heavy (non-hydrogen) atoms. The van der Waals surface area contributed by atoms with E-state index in [1.165, 1.54) is 0 Å². The molecule has 1 amide bonds. The van der Waals surface area contributed by atoms with Crippen LogP contribution < -0.4 is 10.2 Å². The Morgan fingerprint density at radius 3 is 2.63 bits per heavy atom. The summed E-state index contributed by atoms with van der Waals surface area (Å²) < 4.78 is 5.80. The highest BCUT2D eigenvalue weighted by Crippen LogP contribution is 2.10. The zero-order chi connectivity index (χ0) is 19.1. The Morgan fingerprint density at radius 2 is 1.93 bits per heavy atom. The van der Waals surface area contributed by atoms with Gasteiger partial charge in [-0.3, -0.25) is 14.6 Å². The molecule has 0 saturated carbocycles. The van der Waals surface area contributed by atoms with Crippen LogP contribution in [0.1, 0.15) is 13.8 Å². The molecule has 1 N–H and O–H groups in total. The minimum atomic E-state index is 0.0731. The summed E-state index contributed by atoms with van der Waals surface area (Å²) in [4.78, 5) is 27.7. The summed E-state index contributed by atoms with van der Waals surface area (Å²) in [5, 5.41) is 3.05. The van der Waals surface area contributed by atoms with Crippen LogP contribution >= 0.6 is 0 Å². The number of piperazine rings is 1. The fourth-order valence-corrected chi connectivity index (χ4v) is 3.63. The first kappa shape index (κ1) is 20.0. The summed E-state index contributed by atoms with van der Waals surface area (Å²) in [6.07, 6.45) is 3.61. The lowest BCUT2D eigenvalue weighted by Crippen LogP contribution is -2.52. The molecule has 0 radical (unpaired) electrons. The number of carbonyl (C=O) groups excluding carboxylic acids is 1. The summed E-state index contributed by atoms with van der Waals surface area (Å²) >= 11 is 0. The van der Waals surface area contributed by atoms with Crippen LogP contribution in [0, 0.1) is 5.92 Å². The van der Waals surface area contributed by atoms with Crippen LogP contribution in [0.15, 0.2) is 18.5 Å². The average Bonchev–Trinajstić information content (AvgIpc) is 2.67. The first-order chi connectivity index (χ1) is 13.1. The molecule has 150 valence electrons. The largest absolute Gasteiger partial charge is 0.374 e. The lowest BCUT2D eigenvalue weighted by atomic mass is 10.2. The fourth-order valence-electron chi connectivity index (χ4n) is 3.63. The molecule has 1 aromatic rings. The van der Waals surface area contributed by atoms with Crippen molar-refractivity contribution in [1.82, 2.24) is 25.1 Å². The molecule has 0 aromatic carbocycles. The monoisotopic (exact) mass is 376 g/mol. The second kappa shape index (κ2) is 9.96. The third kappa shape index (κ3) is 6.41. The van der Waals surface area contributed by atoms with E-state index in [9.17, 15) is 4.79 Å². The quantitative estimate of drug-likeness (QED) is 0.722. The molecule has 8 heteroatoms. The molecule has 2 fully saturated rings. The third-order valence-electron chi connectivity index (χ3n) is 4.95. The van der Waals surface area contributed by atoms with Gasteiger partial charge in [0, 0.05) is 64.8 Å². The number of nitrogens with zero attached hydrogens (tertiary/aromatic N) is 5. The van der Waals surface area contributed by atoms with Crippen LogP contribution in [-0.2, 0) is 9.53 Å². The van der Waals surface area contributed by atoms with Crippen molar-refractivity contribution in [2.24, 2.45) is 5.92 Å². The van der Waals surface area contributed by atoms with Crippen molar-refractivity contribution in [3.63, 3.8) is 0 Å². The third-order valence-corrected chi connectivity index (χ3v) is 4.95. The van der Waals surface area contributed by atoms with Gasteiger partial charge in [0.2, 0.25) is 11.9 Å². The molecule has 0 bridgehead atoms. The molecule has 0 spiro atoms. The van der Waals surface area contributed by atoms with Gasteiger partial charge in [-0.15, -0.1) is 0 Å². The fraction of sp³-hybridized carbons (Fsp3) is 0.737. The molecule has 2 saturated heterocycles. The van der Waals surface area contributed by atoms with E-state index in [4.69, 9.17) is 4.74 Å². The highest BCUT2D eigenvalue weighted by atomic mass is 16.5. The molecule has 3 rings (SSSR count). The number of aromatic nitrogens is 2. The van der Waals surface area contributed by atoms with Crippen LogP contribution in [0.5, 0.6) is 0 Å². The maximum absolute atomic E-state index is 12.3. The van der Waals surface area contributed by atoms with Crippen LogP contribution in [-0.4, -0.2) is 97.3 Å². The summed E-state index contributed by atoms with van der Waals surface area (Å²) in [6, 6.07) is 1.82. The molecular formula is C19H32N6O2. The molecule has 2 aliphatic heterocycles. The van der Waals surface area contributed by atoms with Crippen molar-refractivity contribution in [3.05, 3.63) is 18.5 Å². The molecule has 1 atom stereocenters. The molecule has 2 aliphatic rings. The number of nitrogens with one attached hydrogen (secondary N) is 1. The number of morpholine rings is 1. The summed E-state index contributed by atoms with van der Waals surface area (Å²) in [6.45, 7) is 12.6. The van der Waals surface area contributed by atoms with Gasteiger partial charge in [-0.2, -0.15) is 0 Å². The minimum absolute atomic E-state index is 0.0731. The zero-order valence-corrected chi connectivity index (χ0v) is 16.5. The molecule has 0 aliphatic carbocycles. The van der Waals surface area contributed by atoms with Gasteiger partial charge in [-0.1, -0.05) is 13.8 Å². The Kier molecular flexibility index (Phi) is 7.37. The summed E-state index contributed by atoms with van der Waals surface area (Å²) in [5.74, 6) is 1.49. The van der Waals surface area contributed by atoms with E-state index >= 15 is 0 Å². The van der Waals surface area contributed by atoms with E-state index in [1.807, 2.05) is 6.07 Å². The van der Waals surface area contributed by atoms with Crippen molar-refractivity contribution in [1.29, 1.82) is 0 Å². The first-order valence-electron chi connectivity index (χ1n) is 9.95. The Hall–Kier alpha value is -1.77. The van der Waals surface area contributed by atoms with Crippen LogP contribution in [0.2, 0.25) is 0 Å². The standard InChI is InChI=1S/C19H32N6O2/c1-16(2)13-24-10-11-27-17(14-24)12-22-18(26)15-23-6-8-25(9-7-23)19-20-4-3-5-21-19/h3-5,16-17H,6-15H2,1-2H3,(H,22,26). The number of hydrogen-bond donors (Lipinski definition) is 1. The van der Waals surface area contributed by atoms with Gasteiger partial charge in [0.05, 0.1) is 19.3 Å². The van der Waals surface area contributed by atoms with E-state index in [-0.39, 0.29) is 12.0 Å². The Balaban J connectivity index is 1.34. The van der Waals surface area contributed by atoms with E-state index in [1.54, 1.807) is 12.4 Å². The predicted octanol–water partition coefficient (Wildman–Crippen LogP) is 0.0716. The van der Waals surface area contributed by atoms with E-state index in [0.717, 1.165) is 58.4 Å². The first-order valence-corrected chi connectivity index (χ1v) is 9.95. The molecule has 8 nitrogen and oxygen atoms in total. The van der Waals surface area contributed by atoms with Gasteiger partial charge in [-0.25, -0.2) is 9.97 Å². The van der Waals surface area contributed by atoms with Crippen LogP contribution in [0.25, 0.3) is 0 Å². The van der Waals surface area contributed by atoms with Crippen molar-refractivity contribution >= 4 is 11.9 Å². The van der Waals surface area contributed by atoms with Gasteiger partial charge in [0.25, 0.3) is 0 Å². The lowest BCUT2D eigenvalue weighted by Gasteiger charge is -2.35. The number of anilines is 1. The molecular weight excluding hydrogens is 344 g/mol. The second-order valence-corrected chi connectivity index (χ2v) is 7.76. The van der Waals surface area contributed by atoms with Crippen molar-refractivity contribution < 1.29 is 9.53 Å². The topological polar surface area (TPSA) is 73.8 Å². The normalized spacial score (nSPS) is 22.2. The number of amides is 1. The molecule has 3 heterocycles. The van der Waals surface area contributed by atoms with Crippen LogP contribution in [0.3, 0.4) is 0 Å². The van der Waals surface area contributed by atoms with E-state index < -0.39 is 0 Å². The predicted molar refractivity (Wildman–Crippen MR) is 105 cm³/mol. The van der Waals surface area contributed by atoms with Crippen molar-refractivity contribution in [2.75, 3.05) is 70.4 Å². The van der Waals surface area contributed by atoms with Gasteiger partial charge in [0.15, 0.2) is 0 Å². The Labute approximate surface area is 161 Å². The summed E-state index contributed by atoms with van der Waals surface area (Å²) in [5.41, 5.74) is 0. The highest BCUT2D eigenvalue weighted by Gasteiger charge is 2.23. The maximum Gasteiger partial charge on any atom is 0.234 e. The minimum Gasteiger partial charge on any atom is -0.374 e. The molecule has 1 aromatic heterocycles. The van der Waals surface area contributed by atoms with Crippen molar-refractivity contribution in [2.45, 2.75) is 20.0 Å². The Morgan fingerprint density at radius 1 is 1.19 bits per heavy atom. The number of hydrogen-bond acceptors (Lipinski definition) is 7. The second-order valence-electron chi connectivity index (χ2n) is 7.76. The highest BCUT2D eigenvalue weighted by molar-refractivity contribution is 5.78. The number of carbonyl (C=O) groups is 1. The van der Waals surface area contributed by atoms with Crippen LogP contribution in [0.4, 0.5) is 5.95 Å². The van der Waals surface area contributed by atoms with E-state index in [2.05, 4.69) is 43.8 Å². The van der Waals surface area contributed by atoms with Crippen molar-refractivity contribution in [3.8, 4) is 0 Å². The van der Waals surface area contributed by atoms with E-state index in [0.29, 0.717) is 19.0 Å².